The van der Waals surface area contributed by atoms with E-state index in [1.165, 1.54) is 11.1 Å². The van der Waals surface area contributed by atoms with Crippen molar-refractivity contribution in [3.63, 3.8) is 0 Å². The van der Waals surface area contributed by atoms with Crippen LogP contribution in [0, 0.1) is 23.7 Å². The van der Waals surface area contributed by atoms with Gasteiger partial charge in [-0.2, -0.15) is 0 Å². The molecule has 2 aliphatic carbocycles. The number of fused-ring (bicyclic) bond motifs is 4. The zero-order chi connectivity index (χ0) is 31.2. The van der Waals surface area contributed by atoms with Gasteiger partial charge in [-0.1, -0.05) is 50.6 Å². The van der Waals surface area contributed by atoms with Gasteiger partial charge < -0.3 is 14.7 Å². The number of rotatable bonds is 2. The summed E-state index contributed by atoms with van der Waals surface area (Å²) in [6, 6.07) is 11.4. The maximum atomic E-state index is 13.7. The number of sulfonamides is 1. The Bertz CT molecular complexity index is 1540. The number of carbonyl (C=O) groups is 1. The number of carbonyl (C=O) groups excluding carboxylic acids is 1. The first-order chi connectivity index (χ1) is 21.0. The number of nitrogens with one attached hydrogen (secondary N) is 1. The molecule has 0 radical (unpaired) electrons. The Morgan fingerprint density at radius 1 is 1.18 bits per heavy atom. The molecule has 2 bridgehead atoms. The number of ether oxygens (including phenoxy) is 1. The molecule has 4 aliphatic rings. The van der Waals surface area contributed by atoms with Crippen LogP contribution in [0.4, 0.5) is 5.69 Å². The van der Waals surface area contributed by atoms with Crippen LogP contribution in [0.25, 0.3) is 0 Å². The van der Waals surface area contributed by atoms with E-state index in [1.54, 1.807) is 12.1 Å². The summed E-state index contributed by atoms with van der Waals surface area (Å²) < 4.78 is 36.3. The lowest BCUT2D eigenvalue weighted by Gasteiger charge is -2.45. The molecule has 44 heavy (non-hydrogen) atoms. The summed E-state index contributed by atoms with van der Waals surface area (Å²) >= 11 is 6.40. The molecule has 2 N–H and O–H groups in total. The Morgan fingerprint density at radius 3 is 2.75 bits per heavy atom. The monoisotopic (exact) mass is 640 g/mol. The van der Waals surface area contributed by atoms with Gasteiger partial charge in [-0.15, -0.1) is 0 Å². The largest absolute Gasteiger partial charge is 0.490 e. The Morgan fingerprint density at radius 2 is 2.00 bits per heavy atom. The number of allylic oxidation sites excluding steroid dienone is 1. The number of hydrogen-bond donors (Lipinski definition) is 2. The highest BCUT2D eigenvalue weighted by Crippen LogP contribution is 2.46. The Hall–Kier alpha value is -2.55. The van der Waals surface area contributed by atoms with E-state index >= 15 is 0 Å². The quantitative estimate of drug-likeness (QED) is 0.376. The van der Waals surface area contributed by atoms with Gasteiger partial charge in [0.2, 0.25) is 10.0 Å². The molecule has 2 aliphatic heterocycles. The molecular weight excluding hydrogens is 596 g/mol. The highest BCUT2D eigenvalue weighted by atomic mass is 35.5. The van der Waals surface area contributed by atoms with Crippen molar-refractivity contribution in [1.29, 1.82) is 0 Å². The van der Waals surface area contributed by atoms with Crippen molar-refractivity contribution in [1.82, 2.24) is 4.72 Å². The molecule has 238 valence electrons. The summed E-state index contributed by atoms with van der Waals surface area (Å²) in [5.41, 5.74) is 3.34. The van der Waals surface area contributed by atoms with E-state index < -0.39 is 27.3 Å². The van der Waals surface area contributed by atoms with Gasteiger partial charge in [0.25, 0.3) is 5.91 Å². The zero-order valence-electron chi connectivity index (χ0n) is 26.0. The third-order valence-corrected chi connectivity index (χ3v) is 12.6. The van der Waals surface area contributed by atoms with Crippen LogP contribution in [0.2, 0.25) is 5.02 Å². The van der Waals surface area contributed by atoms with Gasteiger partial charge in [0, 0.05) is 29.1 Å². The molecule has 1 amide bonds. The highest BCUT2D eigenvalue weighted by molar-refractivity contribution is 7.90. The number of benzene rings is 2. The van der Waals surface area contributed by atoms with Gasteiger partial charge in [-0.25, -0.2) is 13.1 Å². The smallest absolute Gasteiger partial charge is 0.264 e. The molecule has 6 rings (SSSR count). The van der Waals surface area contributed by atoms with Crippen LogP contribution in [0.15, 0.2) is 48.6 Å². The maximum absolute atomic E-state index is 13.7. The van der Waals surface area contributed by atoms with Crippen molar-refractivity contribution in [3.8, 4) is 5.75 Å². The lowest BCUT2D eigenvalue weighted by atomic mass is 9.68. The van der Waals surface area contributed by atoms with Crippen LogP contribution in [0.1, 0.15) is 80.8 Å². The van der Waals surface area contributed by atoms with E-state index in [-0.39, 0.29) is 29.1 Å². The van der Waals surface area contributed by atoms with Crippen LogP contribution >= 0.6 is 11.6 Å². The average molecular weight is 641 g/mol. The Balaban J connectivity index is 1.42. The first-order valence-electron chi connectivity index (χ1n) is 16.2. The van der Waals surface area contributed by atoms with Crippen LogP contribution in [0.3, 0.4) is 0 Å². The van der Waals surface area contributed by atoms with Crippen molar-refractivity contribution in [2.75, 3.05) is 24.6 Å². The lowest BCUT2D eigenvalue weighted by molar-refractivity contribution is 0.0455. The second-order valence-electron chi connectivity index (χ2n) is 14.1. The number of aryl methyl sites for hydroxylation is 1. The van der Waals surface area contributed by atoms with E-state index in [2.05, 4.69) is 21.8 Å². The van der Waals surface area contributed by atoms with Crippen molar-refractivity contribution < 1.29 is 23.1 Å². The standard InChI is InChI=1S/C35H45ClN2O5S/c1-22(2)16-33-23(3)6-4-8-31(39)28-12-9-26(28)19-38-20-35(15-5-7-24-17-27(36)11-13-29(24)35)21-43-32-14-10-25(18-30(32)38)34(40)37-44(33,41)42/h4,8,10-11,13-14,17-18,22-23,26,28,31,33,39H,5-7,9,12,15-16,19-21H2,1-3H3,(H,37,40)/b8-4+/t23-,26-,28+,31-,33-,35-/m0/s1. The summed E-state index contributed by atoms with van der Waals surface area (Å²) in [6.45, 7) is 7.81. The van der Waals surface area contributed by atoms with Gasteiger partial charge >= 0.3 is 0 Å². The van der Waals surface area contributed by atoms with Crippen molar-refractivity contribution in [2.45, 2.75) is 82.5 Å². The zero-order valence-corrected chi connectivity index (χ0v) is 27.5. The fourth-order valence-corrected chi connectivity index (χ4v) is 10.0. The van der Waals surface area contributed by atoms with Crippen molar-refractivity contribution >= 4 is 33.2 Å². The minimum atomic E-state index is -3.97. The van der Waals surface area contributed by atoms with E-state index in [0.717, 1.165) is 42.8 Å². The summed E-state index contributed by atoms with van der Waals surface area (Å²) in [5, 5.41) is 11.2. The van der Waals surface area contributed by atoms with Crippen molar-refractivity contribution in [3.05, 3.63) is 70.3 Å². The number of aliphatic hydroxyl groups is 1. The van der Waals surface area contributed by atoms with Gasteiger partial charge in [0.05, 0.1) is 23.6 Å². The number of hydrogen-bond acceptors (Lipinski definition) is 6. The molecule has 1 fully saturated rings. The normalized spacial score (nSPS) is 32.5. The summed E-state index contributed by atoms with van der Waals surface area (Å²) in [4.78, 5) is 15.9. The van der Waals surface area contributed by atoms with Gasteiger partial charge in [0.15, 0.2) is 0 Å². The summed E-state index contributed by atoms with van der Waals surface area (Å²) in [5.74, 6) is 0.379. The highest BCUT2D eigenvalue weighted by Gasteiger charge is 2.44. The molecule has 1 spiro atoms. The predicted octanol–water partition coefficient (Wildman–Crippen LogP) is 6.27. The second kappa shape index (κ2) is 12.3. The minimum absolute atomic E-state index is 0.122. The molecular formula is C35H45ClN2O5S. The SMILES string of the molecule is CC(C)C[C@H]1[C@@H](C)C/C=C/[C@H](O)[C@@H]2CC[C@H]2CN2C[C@@]3(CCCc4cc(Cl)ccc43)COc3ccc(cc32)C(=O)NS1(=O)=O. The summed E-state index contributed by atoms with van der Waals surface area (Å²) in [6.07, 6.45) is 9.08. The maximum Gasteiger partial charge on any atom is 0.264 e. The van der Waals surface area contributed by atoms with E-state index in [0.29, 0.717) is 43.9 Å². The fourth-order valence-electron chi connectivity index (χ4n) is 7.93. The second-order valence-corrected chi connectivity index (χ2v) is 16.4. The molecule has 6 atom stereocenters. The number of halogens is 1. The number of amides is 1. The van der Waals surface area contributed by atoms with Crippen LogP contribution in [0.5, 0.6) is 5.75 Å². The van der Waals surface area contributed by atoms with Gasteiger partial charge in [-0.3, -0.25) is 4.79 Å². The van der Waals surface area contributed by atoms with Gasteiger partial charge in [-0.05, 0) is 110 Å². The third kappa shape index (κ3) is 6.14. The predicted molar refractivity (Wildman–Crippen MR) is 175 cm³/mol. The third-order valence-electron chi connectivity index (χ3n) is 10.5. The molecule has 1 saturated carbocycles. The average Bonchev–Trinajstić information content (AvgIpc) is 3.10. The fraction of sp³-hybridized carbons (Fsp3) is 0.571. The van der Waals surface area contributed by atoms with Crippen LogP contribution in [-0.4, -0.2) is 50.5 Å². The Labute approximate surface area is 267 Å². The molecule has 2 heterocycles. The number of aliphatic hydroxyl groups excluding tert-OH is 1. The van der Waals surface area contributed by atoms with Crippen molar-refractivity contribution in [2.24, 2.45) is 23.7 Å². The molecule has 2 aromatic rings. The number of anilines is 1. The van der Waals surface area contributed by atoms with E-state index in [1.807, 2.05) is 45.1 Å². The lowest BCUT2D eigenvalue weighted by Crippen LogP contribution is -2.49. The number of nitrogens with zero attached hydrogens (tertiary/aromatic N) is 1. The summed E-state index contributed by atoms with van der Waals surface area (Å²) in [7, 11) is -3.97. The topological polar surface area (TPSA) is 95.9 Å². The molecule has 2 aromatic carbocycles. The van der Waals surface area contributed by atoms with Crippen LogP contribution < -0.4 is 14.4 Å². The van der Waals surface area contributed by atoms with Crippen LogP contribution in [-0.2, 0) is 21.9 Å². The first kappa shape index (κ1) is 31.4. The Kier molecular flexibility index (Phi) is 8.81. The van der Waals surface area contributed by atoms with Gasteiger partial charge in [0.1, 0.15) is 5.75 Å². The molecule has 0 aromatic heterocycles. The molecule has 0 saturated heterocycles. The van der Waals surface area contributed by atoms with E-state index in [9.17, 15) is 18.3 Å². The first-order valence-corrected chi connectivity index (χ1v) is 18.1. The molecule has 0 unspecified atom stereocenters. The van der Waals surface area contributed by atoms with E-state index in [4.69, 9.17) is 16.3 Å². The molecule has 9 heteroatoms. The minimum Gasteiger partial charge on any atom is -0.490 e. The molecule has 7 nitrogen and oxygen atoms in total.